The fourth-order valence-electron chi connectivity index (χ4n) is 4.43. The summed E-state index contributed by atoms with van der Waals surface area (Å²) in [5, 5.41) is 3.33. The highest BCUT2D eigenvalue weighted by Gasteiger charge is 2.34. The maximum Gasteiger partial charge on any atom is 0.387 e. The van der Waals surface area contributed by atoms with Gasteiger partial charge in [-0.05, 0) is 31.0 Å². The fourth-order valence-corrected chi connectivity index (χ4v) is 6.05. The maximum absolute atomic E-state index is 13.4. The van der Waals surface area contributed by atoms with E-state index in [1.807, 2.05) is 0 Å². The lowest BCUT2D eigenvalue weighted by Gasteiger charge is -2.27. The van der Waals surface area contributed by atoms with Gasteiger partial charge in [0.05, 0.1) is 19.0 Å². The normalized spacial score (nSPS) is 14.4. The van der Waals surface area contributed by atoms with Crippen LogP contribution in [0.4, 0.5) is 13.6 Å². The predicted molar refractivity (Wildman–Crippen MR) is 150 cm³/mol. The molecular formula is C28H32F2N4O8S. The number of alkyl halides is 2. The SMILES string of the molecule is O=C(CCCCNC(=O)C(CNC(=O)N1CCOCC1)S(=O)(=O)Cc1ccccc1OC(F)F)c1nc2ccccc2o1. The third-order valence-electron chi connectivity index (χ3n) is 6.67. The second kappa shape index (κ2) is 14.9. The number of rotatable bonds is 14. The van der Waals surface area contributed by atoms with Crippen molar-refractivity contribution in [3.05, 3.63) is 60.0 Å². The standard InChI is InChI=1S/C28H32F2N4O8S/c29-27(30)42-22-10-3-1-7-19(22)18-43(38,39)24(17-32-28(37)34-13-15-40-16-14-34)25(36)31-12-6-5-9-21(35)26-33-20-8-2-4-11-23(20)41-26/h1-4,7-8,10-11,24,27H,5-6,9,12-18H2,(H,31,36)(H,32,37). The lowest BCUT2D eigenvalue weighted by Crippen LogP contribution is -2.52. The molecule has 2 aromatic carbocycles. The number of urea groups is 1. The highest BCUT2D eigenvalue weighted by atomic mass is 32.2. The van der Waals surface area contributed by atoms with Crippen molar-refractivity contribution in [2.24, 2.45) is 0 Å². The first-order valence-corrected chi connectivity index (χ1v) is 15.4. The molecule has 0 spiro atoms. The summed E-state index contributed by atoms with van der Waals surface area (Å²) in [5.41, 5.74) is 1.00. The second-order valence-corrected chi connectivity index (χ2v) is 11.9. The number of nitrogens with zero attached hydrogens (tertiary/aromatic N) is 2. The number of carbonyl (C=O) groups excluding carboxylic acids is 3. The number of nitrogens with one attached hydrogen (secondary N) is 2. The van der Waals surface area contributed by atoms with Crippen molar-refractivity contribution < 1.29 is 45.5 Å². The molecule has 1 aromatic heterocycles. The molecule has 0 bridgehead atoms. The number of halogens is 2. The van der Waals surface area contributed by atoms with Crippen LogP contribution in [0.2, 0.25) is 0 Å². The van der Waals surface area contributed by atoms with Crippen molar-refractivity contribution in [3.63, 3.8) is 0 Å². The molecule has 3 amide bonds. The minimum absolute atomic E-state index is 0.0106. The van der Waals surface area contributed by atoms with E-state index in [0.717, 1.165) is 0 Å². The van der Waals surface area contributed by atoms with E-state index >= 15 is 0 Å². The van der Waals surface area contributed by atoms with Crippen molar-refractivity contribution >= 4 is 38.7 Å². The van der Waals surface area contributed by atoms with Crippen molar-refractivity contribution in [1.29, 1.82) is 0 Å². The van der Waals surface area contributed by atoms with Crippen LogP contribution < -0.4 is 15.4 Å². The summed E-state index contributed by atoms with van der Waals surface area (Å²) >= 11 is 0. The molecule has 1 saturated heterocycles. The number of unbranched alkanes of at least 4 members (excludes halogenated alkanes) is 1. The molecule has 1 aliphatic heterocycles. The molecule has 2 N–H and O–H groups in total. The number of amides is 3. The molecule has 1 atom stereocenters. The molecule has 1 unspecified atom stereocenters. The Balaban J connectivity index is 1.36. The highest BCUT2D eigenvalue weighted by molar-refractivity contribution is 7.92. The van der Waals surface area contributed by atoms with Crippen LogP contribution in [-0.2, 0) is 25.1 Å². The smallest absolute Gasteiger partial charge is 0.387 e. The largest absolute Gasteiger partial charge is 0.435 e. The summed E-state index contributed by atoms with van der Waals surface area (Å²) in [4.78, 5) is 43.8. The summed E-state index contributed by atoms with van der Waals surface area (Å²) in [7, 11) is -4.33. The number of aromatic nitrogens is 1. The van der Waals surface area contributed by atoms with E-state index in [1.54, 1.807) is 24.3 Å². The summed E-state index contributed by atoms with van der Waals surface area (Å²) in [5.74, 6) is -2.30. The number of benzene rings is 2. The van der Waals surface area contributed by atoms with Crippen LogP contribution in [0.1, 0.15) is 35.5 Å². The first-order valence-electron chi connectivity index (χ1n) is 13.7. The van der Waals surface area contributed by atoms with Gasteiger partial charge >= 0.3 is 12.6 Å². The van der Waals surface area contributed by atoms with Gasteiger partial charge in [0.2, 0.25) is 11.7 Å². The molecule has 232 valence electrons. The zero-order valence-electron chi connectivity index (χ0n) is 23.2. The van der Waals surface area contributed by atoms with E-state index in [1.165, 1.54) is 29.2 Å². The number of oxazole rings is 1. The highest BCUT2D eigenvalue weighted by Crippen LogP contribution is 2.24. The molecule has 1 fully saturated rings. The lowest BCUT2D eigenvalue weighted by atomic mass is 10.2. The van der Waals surface area contributed by atoms with E-state index in [0.29, 0.717) is 50.2 Å². The van der Waals surface area contributed by atoms with Crippen LogP contribution in [0.3, 0.4) is 0 Å². The Morgan fingerprint density at radius 3 is 2.47 bits per heavy atom. The maximum atomic E-state index is 13.4. The van der Waals surface area contributed by atoms with Crippen LogP contribution in [0.15, 0.2) is 52.9 Å². The quantitative estimate of drug-likeness (QED) is 0.204. The number of hydrogen-bond acceptors (Lipinski definition) is 9. The molecule has 4 rings (SSSR count). The van der Waals surface area contributed by atoms with Gasteiger partial charge < -0.3 is 29.4 Å². The van der Waals surface area contributed by atoms with Crippen LogP contribution in [0, 0.1) is 0 Å². The van der Waals surface area contributed by atoms with E-state index in [9.17, 15) is 31.6 Å². The molecule has 15 heteroatoms. The fraction of sp³-hybridized carbons (Fsp3) is 0.429. The van der Waals surface area contributed by atoms with Gasteiger partial charge in [-0.2, -0.15) is 8.78 Å². The van der Waals surface area contributed by atoms with E-state index in [-0.39, 0.29) is 36.0 Å². The molecule has 3 aromatic rings. The number of Topliss-reactive ketones (excluding diaryl/α,β-unsaturated/α-hetero) is 1. The molecule has 12 nitrogen and oxygen atoms in total. The Labute approximate surface area is 246 Å². The van der Waals surface area contributed by atoms with Gasteiger partial charge in [0, 0.05) is 38.2 Å². The third kappa shape index (κ3) is 8.94. The minimum Gasteiger partial charge on any atom is -0.435 e. The van der Waals surface area contributed by atoms with Crippen molar-refractivity contribution in [2.75, 3.05) is 39.4 Å². The molecule has 0 saturated carbocycles. The first kappa shape index (κ1) is 31.8. The number of hydrogen-bond donors (Lipinski definition) is 2. The Morgan fingerprint density at radius 2 is 1.72 bits per heavy atom. The number of ether oxygens (including phenoxy) is 2. The zero-order chi connectivity index (χ0) is 30.8. The average Bonchev–Trinajstić information content (AvgIpc) is 3.42. The van der Waals surface area contributed by atoms with Gasteiger partial charge in [0.1, 0.15) is 11.3 Å². The van der Waals surface area contributed by atoms with Crippen LogP contribution in [-0.4, -0.2) is 87.3 Å². The first-order chi connectivity index (χ1) is 20.6. The number of fused-ring (bicyclic) bond motifs is 1. The second-order valence-electron chi connectivity index (χ2n) is 9.73. The summed E-state index contributed by atoms with van der Waals surface area (Å²) in [6, 6.07) is 11.8. The number of carbonyl (C=O) groups is 3. The van der Waals surface area contributed by atoms with Crippen LogP contribution >= 0.6 is 0 Å². The number of sulfone groups is 1. The van der Waals surface area contributed by atoms with Gasteiger partial charge in [-0.3, -0.25) is 9.59 Å². The molecule has 0 aliphatic carbocycles. The Morgan fingerprint density at radius 1 is 1.00 bits per heavy atom. The summed E-state index contributed by atoms with van der Waals surface area (Å²) < 4.78 is 67.7. The zero-order valence-corrected chi connectivity index (χ0v) is 24.0. The van der Waals surface area contributed by atoms with Gasteiger partial charge in [0.25, 0.3) is 5.89 Å². The van der Waals surface area contributed by atoms with Crippen molar-refractivity contribution in [3.8, 4) is 5.75 Å². The monoisotopic (exact) mass is 622 g/mol. The van der Waals surface area contributed by atoms with Crippen molar-refractivity contribution in [1.82, 2.24) is 20.5 Å². The molecule has 0 radical (unpaired) electrons. The van der Waals surface area contributed by atoms with E-state index < -0.39 is 45.9 Å². The molecule has 43 heavy (non-hydrogen) atoms. The van der Waals surface area contributed by atoms with E-state index in [2.05, 4.69) is 20.4 Å². The van der Waals surface area contributed by atoms with Crippen LogP contribution in [0.25, 0.3) is 11.1 Å². The summed E-state index contributed by atoms with van der Waals surface area (Å²) in [6.07, 6.45) is 0.804. The van der Waals surface area contributed by atoms with Gasteiger partial charge in [-0.1, -0.05) is 30.3 Å². The third-order valence-corrected chi connectivity index (χ3v) is 8.63. The number of ketones is 1. The molecule has 2 heterocycles. The topological polar surface area (TPSA) is 157 Å². The Hall–Kier alpha value is -4.11. The van der Waals surface area contributed by atoms with Gasteiger partial charge in [-0.25, -0.2) is 18.2 Å². The van der Waals surface area contributed by atoms with Crippen LogP contribution in [0.5, 0.6) is 5.75 Å². The number of morpholine rings is 1. The molecular weight excluding hydrogens is 590 g/mol. The van der Waals surface area contributed by atoms with E-state index in [4.69, 9.17) is 9.15 Å². The van der Waals surface area contributed by atoms with Crippen molar-refractivity contribution in [2.45, 2.75) is 36.9 Å². The lowest BCUT2D eigenvalue weighted by molar-refractivity contribution is -0.120. The number of para-hydroxylation sites is 3. The Kier molecular flexibility index (Phi) is 11.0. The minimum atomic E-state index is -4.33. The van der Waals surface area contributed by atoms with Gasteiger partial charge in [-0.15, -0.1) is 0 Å². The molecule has 1 aliphatic rings. The van der Waals surface area contributed by atoms with Gasteiger partial charge in [0.15, 0.2) is 20.7 Å². The predicted octanol–water partition coefficient (Wildman–Crippen LogP) is 2.92. The summed E-state index contributed by atoms with van der Waals surface area (Å²) in [6.45, 7) is -2.42. The Bertz CT molecular complexity index is 1490. The average molecular weight is 623 g/mol.